The van der Waals surface area contributed by atoms with Crippen LogP contribution in [0.4, 0.5) is 0 Å². The van der Waals surface area contributed by atoms with Gasteiger partial charge in [0.25, 0.3) is 0 Å². The topological polar surface area (TPSA) is 110 Å². The van der Waals surface area contributed by atoms with Gasteiger partial charge in [-0.1, -0.05) is 36.4 Å². The summed E-state index contributed by atoms with van der Waals surface area (Å²) in [7, 11) is -7.29. The highest BCUT2D eigenvalue weighted by Crippen LogP contribution is 2.28. The maximum atomic E-state index is 12.8. The van der Waals surface area contributed by atoms with E-state index in [-0.39, 0.29) is 16.3 Å². The van der Waals surface area contributed by atoms with Gasteiger partial charge in [0.15, 0.2) is 0 Å². The number of nitrogens with two attached hydrogens (primary N) is 1. The van der Waals surface area contributed by atoms with Gasteiger partial charge in [0, 0.05) is 18.7 Å². The van der Waals surface area contributed by atoms with Crippen LogP contribution in [-0.2, 0) is 39.6 Å². The maximum absolute atomic E-state index is 12.8. The molecule has 2 N–H and O–H groups in total. The first-order chi connectivity index (χ1) is 13.7. The van der Waals surface area contributed by atoms with Gasteiger partial charge >= 0.3 is 0 Å². The number of hydrogen-bond donors (Lipinski definition) is 1. The van der Waals surface area contributed by atoms with Crippen molar-refractivity contribution in [2.75, 3.05) is 0 Å². The molecule has 2 heterocycles. The number of sulfonamides is 2. The molecule has 1 aromatic heterocycles. The lowest BCUT2D eigenvalue weighted by Crippen LogP contribution is -2.25. The number of fused-ring (bicyclic) bond motifs is 1. The van der Waals surface area contributed by atoms with Crippen LogP contribution in [0.15, 0.2) is 76.5 Å². The number of hydrogen-bond acceptors (Lipinski definition) is 5. The average molecular weight is 430 g/mol. The molecular formula is C20H19N3O4S2. The zero-order chi connectivity index (χ0) is 20.6. The zero-order valence-corrected chi connectivity index (χ0v) is 17.0. The van der Waals surface area contributed by atoms with Gasteiger partial charge in [-0.3, -0.25) is 4.98 Å². The average Bonchev–Trinajstić information content (AvgIpc) is 3.13. The van der Waals surface area contributed by atoms with E-state index in [2.05, 4.69) is 4.98 Å². The maximum Gasteiger partial charge on any atom is 0.243 e. The normalized spacial score (nSPS) is 14.7. The highest BCUT2D eigenvalue weighted by Gasteiger charge is 2.31. The highest BCUT2D eigenvalue weighted by atomic mass is 32.2. The molecule has 0 radical (unpaired) electrons. The van der Waals surface area contributed by atoms with Crippen LogP contribution in [-0.4, -0.2) is 26.1 Å². The summed E-state index contributed by atoms with van der Waals surface area (Å²) < 4.78 is 49.8. The van der Waals surface area contributed by atoms with Crippen LogP contribution in [0.3, 0.4) is 0 Å². The standard InChI is InChI=1S/C20H19N3O4S2/c21-28(24,25)18-10-6-15(7-11-18)12-17-9-8-16-13-23(14-20(16)22-17)29(26,27)19-4-2-1-3-5-19/h1-11H,12-14H2,(H2,21,24,25). The van der Waals surface area contributed by atoms with Gasteiger partial charge in [0.2, 0.25) is 20.0 Å². The number of aromatic nitrogens is 1. The molecule has 1 aliphatic rings. The van der Waals surface area contributed by atoms with Gasteiger partial charge in [-0.15, -0.1) is 0 Å². The molecule has 0 fully saturated rings. The first-order valence-corrected chi connectivity index (χ1v) is 11.9. The molecule has 4 rings (SSSR count). The van der Waals surface area contributed by atoms with Crippen LogP contribution in [0, 0.1) is 0 Å². The molecule has 9 heteroatoms. The second-order valence-electron chi connectivity index (χ2n) is 6.86. The first kappa shape index (κ1) is 19.7. The molecule has 0 saturated heterocycles. The quantitative estimate of drug-likeness (QED) is 0.667. The van der Waals surface area contributed by atoms with Crippen LogP contribution < -0.4 is 5.14 Å². The minimum absolute atomic E-state index is 0.0601. The predicted molar refractivity (Wildman–Crippen MR) is 108 cm³/mol. The van der Waals surface area contributed by atoms with Crippen molar-refractivity contribution in [3.8, 4) is 0 Å². The Morgan fingerprint density at radius 2 is 1.52 bits per heavy atom. The summed E-state index contributed by atoms with van der Waals surface area (Å²) in [6.07, 6.45) is 0.504. The van der Waals surface area contributed by atoms with Crippen molar-refractivity contribution in [3.05, 3.63) is 89.2 Å². The Bertz CT molecular complexity index is 1260. The Morgan fingerprint density at radius 3 is 2.17 bits per heavy atom. The lowest BCUT2D eigenvalue weighted by atomic mass is 10.1. The smallest absolute Gasteiger partial charge is 0.243 e. The van der Waals surface area contributed by atoms with E-state index < -0.39 is 20.0 Å². The lowest BCUT2D eigenvalue weighted by Gasteiger charge is -2.15. The van der Waals surface area contributed by atoms with Crippen molar-refractivity contribution in [1.82, 2.24) is 9.29 Å². The molecule has 0 aliphatic carbocycles. The van der Waals surface area contributed by atoms with Crippen LogP contribution in [0.1, 0.15) is 22.5 Å². The Hall–Kier alpha value is -2.59. The molecule has 2 aromatic carbocycles. The van der Waals surface area contributed by atoms with Gasteiger partial charge in [-0.2, -0.15) is 4.31 Å². The first-order valence-electron chi connectivity index (χ1n) is 8.88. The largest absolute Gasteiger partial charge is 0.256 e. The molecule has 0 spiro atoms. The Balaban J connectivity index is 1.53. The highest BCUT2D eigenvalue weighted by molar-refractivity contribution is 7.89. The fourth-order valence-corrected chi connectivity index (χ4v) is 5.20. The molecule has 0 unspecified atom stereocenters. The van der Waals surface area contributed by atoms with E-state index in [0.717, 1.165) is 22.5 Å². The number of pyridine rings is 1. The fourth-order valence-electron chi connectivity index (χ4n) is 3.29. The third kappa shape index (κ3) is 4.08. The third-order valence-corrected chi connectivity index (χ3v) is 7.55. The number of nitrogens with zero attached hydrogens (tertiary/aromatic N) is 2. The van der Waals surface area contributed by atoms with Crippen LogP contribution in [0.25, 0.3) is 0 Å². The van der Waals surface area contributed by atoms with Gasteiger partial charge < -0.3 is 0 Å². The summed E-state index contributed by atoms with van der Waals surface area (Å²) in [5.41, 5.74) is 3.30. The molecule has 3 aromatic rings. The summed E-state index contributed by atoms with van der Waals surface area (Å²) in [5, 5.41) is 5.12. The van der Waals surface area contributed by atoms with Crippen molar-refractivity contribution in [3.63, 3.8) is 0 Å². The van der Waals surface area contributed by atoms with Crippen molar-refractivity contribution >= 4 is 20.0 Å². The summed E-state index contributed by atoms with van der Waals surface area (Å²) in [5.74, 6) is 0. The van der Waals surface area contributed by atoms with E-state index >= 15 is 0 Å². The third-order valence-electron chi connectivity index (χ3n) is 4.82. The van der Waals surface area contributed by atoms with E-state index in [1.165, 1.54) is 16.4 Å². The Morgan fingerprint density at radius 1 is 0.828 bits per heavy atom. The number of benzene rings is 2. The molecule has 0 atom stereocenters. The SMILES string of the molecule is NS(=O)(=O)c1ccc(Cc2ccc3c(n2)CN(S(=O)(=O)c2ccccc2)C3)cc1. The second-order valence-corrected chi connectivity index (χ2v) is 10.4. The molecule has 0 saturated carbocycles. The van der Waals surface area contributed by atoms with Crippen LogP contribution in [0.2, 0.25) is 0 Å². The second kappa shape index (κ2) is 7.34. The Labute approximate surface area is 169 Å². The lowest BCUT2D eigenvalue weighted by molar-refractivity contribution is 0.429. The summed E-state index contributed by atoms with van der Waals surface area (Å²) in [4.78, 5) is 4.95. The Kier molecular flexibility index (Phi) is 4.99. The molecule has 0 amide bonds. The van der Waals surface area contributed by atoms with Gasteiger partial charge in [0.1, 0.15) is 0 Å². The molecular weight excluding hydrogens is 410 g/mol. The van der Waals surface area contributed by atoms with Gasteiger partial charge in [0.05, 0.1) is 22.0 Å². The number of rotatable bonds is 5. The molecule has 29 heavy (non-hydrogen) atoms. The van der Waals surface area contributed by atoms with Crippen LogP contribution in [0.5, 0.6) is 0 Å². The van der Waals surface area contributed by atoms with E-state index in [1.807, 2.05) is 12.1 Å². The summed E-state index contributed by atoms with van der Waals surface area (Å²) in [6, 6.07) is 18.4. The monoisotopic (exact) mass is 429 g/mol. The summed E-state index contributed by atoms with van der Waals surface area (Å²) >= 11 is 0. The van der Waals surface area contributed by atoms with Gasteiger partial charge in [-0.25, -0.2) is 22.0 Å². The fraction of sp³-hybridized carbons (Fsp3) is 0.150. The molecule has 7 nitrogen and oxygen atoms in total. The number of primary sulfonamides is 1. The molecule has 0 bridgehead atoms. The minimum atomic E-state index is -3.72. The van der Waals surface area contributed by atoms with Crippen LogP contribution >= 0.6 is 0 Å². The van der Waals surface area contributed by atoms with Crippen molar-refractivity contribution in [2.24, 2.45) is 5.14 Å². The molecule has 150 valence electrons. The minimum Gasteiger partial charge on any atom is -0.256 e. The van der Waals surface area contributed by atoms with Crippen molar-refractivity contribution < 1.29 is 16.8 Å². The van der Waals surface area contributed by atoms with E-state index in [0.29, 0.717) is 13.0 Å². The summed E-state index contributed by atoms with van der Waals surface area (Å²) in [6.45, 7) is 0.521. The van der Waals surface area contributed by atoms with Gasteiger partial charge in [-0.05, 0) is 41.5 Å². The van der Waals surface area contributed by atoms with E-state index in [9.17, 15) is 16.8 Å². The van der Waals surface area contributed by atoms with E-state index in [1.54, 1.807) is 42.5 Å². The van der Waals surface area contributed by atoms with E-state index in [4.69, 9.17) is 5.14 Å². The van der Waals surface area contributed by atoms with Crippen molar-refractivity contribution in [2.45, 2.75) is 29.3 Å². The zero-order valence-electron chi connectivity index (χ0n) is 15.4. The predicted octanol–water partition coefficient (Wildman–Crippen LogP) is 2.02. The molecule has 1 aliphatic heterocycles. The van der Waals surface area contributed by atoms with Crippen molar-refractivity contribution in [1.29, 1.82) is 0 Å².